The van der Waals surface area contributed by atoms with Crippen LogP contribution in [0.3, 0.4) is 0 Å². The van der Waals surface area contributed by atoms with Gasteiger partial charge in [0.05, 0.1) is 10.6 Å². The Bertz CT molecular complexity index is 1050. The zero-order valence-corrected chi connectivity index (χ0v) is 19.7. The van der Waals surface area contributed by atoms with Gasteiger partial charge in [0.2, 0.25) is 0 Å². The smallest absolute Gasteiger partial charge is 0.328 e. The number of nitrogens with zero attached hydrogens (tertiary/aromatic N) is 4. The normalized spacial score (nSPS) is 12.6. The Morgan fingerprint density at radius 2 is 2.10 bits per heavy atom. The Balaban J connectivity index is 1.83. The van der Waals surface area contributed by atoms with Gasteiger partial charge in [-0.3, -0.25) is 0 Å². The lowest BCUT2D eigenvalue weighted by Crippen LogP contribution is -2.22. The number of aromatic nitrogens is 4. The molecule has 0 saturated carbocycles. The van der Waals surface area contributed by atoms with Crippen molar-refractivity contribution in [1.29, 1.82) is 0 Å². The van der Waals surface area contributed by atoms with E-state index in [1.54, 1.807) is 12.5 Å². The van der Waals surface area contributed by atoms with E-state index in [1.165, 1.54) is 17.4 Å². The number of allylic oxidation sites excluding steroid dienone is 1. The number of ether oxygens (including phenoxy) is 1. The van der Waals surface area contributed by atoms with Crippen LogP contribution in [0.5, 0.6) is 0 Å². The molecule has 3 rings (SSSR count). The van der Waals surface area contributed by atoms with Crippen LogP contribution in [-0.4, -0.2) is 45.3 Å². The molecule has 30 heavy (non-hydrogen) atoms. The van der Waals surface area contributed by atoms with E-state index < -0.39 is 14.0 Å². The molecule has 3 aromatic rings. The molecule has 0 aliphatic carbocycles. The van der Waals surface area contributed by atoms with Crippen molar-refractivity contribution in [3.63, 3.8) is 0 Å². The predicted octanol–water partition coefficient (Wildman–Crippen LogP) is 5.14. The van der Waals surface area contributed by atoms with Crippen LogP contribution in [0.25, 0.3) is 27.2 Å². The van der Waals surface area contributed by atoms with Crippen LogP contribution in [0.1, 0.15) is 24.8 Å². The van der Waals surface area contributed by atoms with Gasteiger partial charge in [0.15, 0.2) is 0 Å². The average molecular weight is 445 g/mol. The van der Waals surface area contributed by atoms with E-state index in [9.17, 15) is 4.79 Å². The van der Waals surface area contributed by atoms with Crippen molar-refractivity contribution < 1.29 is 14.6 Å². The number of carboxylic acid groups (broad SMARTS) is 1. The molecule has 3 heterocycles. The maximum Gasteiger partial charge on any atom is 0.328 e. The van der Waals surface area contributed by atoms with E-state index >= 15 is 0 Å². The summed E-state index contributed by atoms with van der Waals surface area (Å²) in [6, 6.07) is 3.12. The lowest BCUT2D eigenvalue weighted by molar-refractivity contribution is -0.131. The Hall–Kier alpha value is -2.36. The molecule has 0 spiro atoms. The minimum atomic E-state index is -1.12. The summed E-state index contributed by atoms with van der Waals surface area (Å²) in [7, 11) is -1.12. The molecule has 0 saturated heterocycles. The van der Waals surface area contributed by atoms with Crippen molar-refractivity contribution in [2.45, 2.75) is 52.2 Å². The topological polar surface area (TPSA) is 90.1 Å². The lowest BCUT2D eigenvalue weighted by Gasteiger charge is -2.15. The molecule has 0 aromatic carbocycles. The van der Waals surface area contributed by atoms with E-state index in [4.69, 9.17) is 9.84 Å². The molecule has 3 aromatic heterocycles. The molecule has 9 heteroatoms. The summed E-state index contributed by atoms with van der Waals surface area (Å²) in [5.74, 6) is -0.953. The molecule has 0 bridgehead atoms. The Morgan fingerprint density at radius 1 is 1.30 bits per heavy atom. The molecule has 1 N–H and O–H groups in total. The number of hydrogen-bond acceptors (Lipinski definition) is 6. The zero-order valence-electron chi connectivity index (χ0n) is 17.9. The van der Waals surface area contributed by atoms with Crippen molar-refractivity contribution >= 4 is 42.0 Å². The Labute approximate surface area is 181 Å². The quantitative estimate of drug-likeness (QED) is 0.265. The summed E-state index contributed by atoms with van der Waals surface area (Å²) in [5.41, 5.74) is 2.36. The predicted molar refractivity (Wildman–Crippen MR) is 123 cm³/mol. The standard InChI is InChI=1S/C21H28N4O3SSi/c1-5-6-15(11-18(26)27)21-22-12-17(29-21)19-16-7-8-25(20(16)24-13-23-19)14-28-9-10-30(2,3)4/h7-8,11-13H,5-6,9-10,14H2,1-4H3,(H,26,27). The van der Waals surface area contributed by atoms with Gasteiger partial charge in [0, 0.05) is 38.5 Å². The van der Waals surface area contributed by atoms with Gasteiger partial charge in [0.1, 0.15) is 23.7 Å². The van der Waals surface area contributed by atoms with Gasteiger partial charge >= 0.3 is 5.97 Å². The van der Waals surface area contributed by atoms with Crippen LogP contribution in [0, 0.1) is 0 Å². The van der Waals surface area contributed by atoms with Crippen molar-refractivity contribution in [3.05, 3.63) is 35.9 Å². The van der Waals surface area contributed by atoms with E-state index in [-0.39, 0.29) is 0 Å². The minimum absolute atomic E-state index is 0.459. The second kappa shape index (κ2) is 9.63. The maximum atomic E-state index is 11.1. The highest BCUT2D eigenvalue weighted by Gasteiger charge is 2.16. The fourth-order valence-electron chi connectivity index (χ4n) is 3.04. The van der Waals surface area contributed by atoms with Crippen LogP contribution < -0.4 is 0 Å². The van der Waals surface area contributed by atoms with Crippen molar-refractivity contribution in [3.8, 4) is 10.6 Å². The SMILES string of the molecule is CCCC(=CC(=O)O)c1ncc(-c2ncnc3c2ccn3COCC[Si](C)(C)C)s1. The molecule has 160 valence electrons. The van der Waals surface area contributed by atoms with Gasteiger partial charge < -0.3 is 14.4 Å². The molecule has 0 atom stereocenters. The van der Waals surface area contributed by atoms with Gasteiger partial charge in [-0.2, -0.15) is 0 Å². The number of carboxylic acids is 1. The van der Waals surface area contributed by atoms with Gasteiger partial charge in [-0.05, 0) is 24.1 Å². The van der Waals surface area contributed by atoms with Crippen LogP contribution in [0.15, 0.2) is 30.9 Å². The first-order chi connectivity index (χ1) is 14.3. The number of thiazole rings is 1. The van der Waals surface area contributed by atoms with Crippen LogP contribution in [0.2, 0.25) is 25.7 Å². The molecule has 0 aliphatic rings. The summed E-state index contributed by atoms with van der Waals surface area (Å²) in [5, 5.41) is 10.8. The third-order valence-corrected chi connectivity index (χ3v) is 7.40. The molecule has 0 unspecified atom stereocenters. The summed E-state index contributed by atoms with van der Waals surface area (Å²) >= 11 is 1.46. The van der Waals surface area contributed by atoms with E-state index in [0.29, 0.717) is 13.2 Å². The van der Waals surface area contributed by atoms with E-state index in [2.05, 4.69) is 34.6 Å². The van der Waals surface area contributed by atoms with E-state index in [1.807, 2.05) is 23.8 Å². The van der Waals surface area contributed by atoms with Crippen LogP contribution in [0.4, 0.5) is 0 Å². The van der Waals surface area contributed by atoms with Gasteiger partial charge in [0.25, 0.3) is 0 Å². The molecular weight excluding hydrogens is 416 g/mol. The fourth-order valence-corrected chi connectivity index (χ4v) is 4.76. The number of fused-ring (bicyclic) bond motifs is 1. The number of hydrogen-bond donors (Lipinski definition) is 1. The summed E-state index contributed by atoms with van der Waals surface area (Å²) < 4.78 is 7.86. The average Bonchev–Trinajstić information content (AvgIpc) is 3.31. The fraction of sp³-hybridized carbons (Fsp3) is 0.429. The van der Waals surface area contributed by atoms with Crippen molar-refractivity contribution in [1.82, 2.24) is 19.5 Å². The lowest BCUT2D eigenvalue weighted by atomic mass is 10.1. The second-order valence-corrected chi connectivity index (χ2v) is 15.0. The molecule has 7 nitrogen and oxygen atoms in total. The van der Waals surface area contributed by atoms with E-state index in [0.717, 1.165) is 51.3 Å². The third kappa shape index (κ3) is 5.62. The Kier molecular flexibility index (Phi) is 7.17. The first-order valence-electron chi connectivity index (χ1n) is 10.1. The Morgan fingerprint density at radius 3 is 2.80 bits per heavy atom. The van der Waals surface area contributed by atoms with Crippen LogP contribution >= 0.6 is 11.3 Å². The molecule has 0 aliphatic heterocycles. The van der Waals surface area contributed by atoms with Crippen molar-refractivity contribution in [2.24, 2.45) is 0 Å². The molecule has 0 fully saturated rings. The number of rotatable bonds is 10. The zero-order chi connectivity index (χ0) is 21.7. The van der Waals surface area contributed by atoms with Crippen LogP contribution in [-0.2, 0) is 16.3 Å². The van der Waals surface area contributed by atoms with Crippen molar-refractivity contribution in [2.75, 3.05) is 6.61 Å². The summed E-state index contributed by atoms with van der Waals surface area (Å²) in [6.45, 7) is 10.2. The van der Waals surface area contributed by atoms with Gasteiger partial charge in [-0.25, -0.2) is 19.7 Å². The largest absolute Gasteiger partial charge is 0.478 e. The summed E-state index contributed by atoms with van der Waals surface area (Å²) in [6.07, 6.45) is 8.04. The summed E-state index contributed by atoms with van der Waals surface area (Å²) in [4.78, 5) is 25.4. The molecule has 0 amide bonds. The second-order valence-electron chi connectivity index (χ2n) is 8.38. The first kappa shape index (κ1) is 22.3. The minimum Gasteiger partial charge on any atom is -0.478 e. The first-order valence-corrected chi connectivity index (χ1v) is 14.6. The highest BCUT2D eigenvalue weighted by Crippen LogP contribution is 2.33. The highest BCUT2D eigenvalue weighted by molar-refractivity contribution is 7.16. The molecule has 0 radical (unpaired) electrons. The van der Waals surface area contributed by atoms with Gasteiger partial charge in [-0.1, -0.05) is 33.0 Å². The monoisotopic (exact) mass is 444 g/mol. The molecular formula is C21H28N4O3SSi. The number of carbonyl (C=O) groups is 1. The third-order valence-electron chi connectivity index (χ3n) is 4.61. The van der Waals surface area contributed by atoms with Gasteiger partial charge in [-0.15, -0.1) is 11.3 Å². The maximum absolute atomic E-state index is 11.1. The number of aliphatic carboxylic acids is 1. The highest BCUT2D eigenvalue weighted by atomic mass is 32.1.